The lowest BCUT2D eigenvalue weighted by Crippen LogP contribution is -2.32. The first-order chi connectivity index (χ1) is 12.0. The van der Waals surface area contributed by atoms with E-state index < -0.39 is 0 Å². The van der Waals surface area contributed by atoms with Crippen molar-refractivity contribution in [2.45, 2.75) is 51.4 Å². The SMILES string of the molecule is C=C/C(Cl)=C(\C=C\C1CC(O)CC(C)O1)Cc1ccc(OCC)cc1. The summed E-state index contributed by atoms with van der Waals surface area (Å²) < 4.78 is 11.3. The Morgan fingerprint density at radius 1 is 1.36 bits per heavy atom. The Balaban J connectivity index is 2.09. The number of allylic oxidation sites excluding steroid dienone is 4. The number of hydrogen-bond acceptors (Lipinski definition) is 3. The summed E-state index contributed by atoms with van der Waals surface area (Å²) in [4.78, 5) is 0. The van der Waals surface area contributed by atoms with Gasteiger partial charge < -0.3 is 14.6 Å². The zero-order valence-corrected chi connectivity index (χ0v) is 15.7. The molecular formula is C21H27ClO3. The van der Waals surface area contributed by atoms with E-state index in [0.29, 0.717) is 30.9 Å². The number of aliphatic hydroxyl groups is 1. The van der Waals surface area contributed by atoms with Gasteiger partial charge in [-0.25, -0.2) is 0 Å². The average Bonchev–Trinajstić information content (AvgIpc) is 2.59. The third-order valence-electron chi connectivity index (χ3n) is 4.14. The molecule has 1 aromatic rings. The van der Waals surface area contributed by atoms with Crippen LogP contribution in [-0.4, -0.2) is 30.0 Å². The van der Waals surface area contributed by atoms with E-state index in [4.69, 9.17) is 21.1 Å². The van der Waals surface area contributed by atoms with Gasteiger partial charge in [-0.15, -0.1) is 0 Å². The van der Waals surface area contributed by atoms with E-state index in [1.807, 2.05) is 50.3 Å². The second kappa shape index (κ2) is 9.81. The van der Waals surface area contributed by atoms with Crippen molar-refractivity contribution in [1.82, 2.24) is 0 Å². The minimum absolute atomic E-state index is 0.0619. The molecule has 1 aromatic carbocycles. The fourth-order valence-electron chi connectivity index (χ4n) is 2.95. The minimum atomic E-state index is -0.313. The van der Waals surface area contributed by atoms with Crippen LogP contribution in [-0.2, 0) is 11.2 Å². The number of rotatable bonds is 7. The molecule has 0 amide bonds. The number of benzene rings is 1. The first kappa shape index (κ1) is 19.8. The van der Waals surface area contributed by atoms with E-state index in [9.17, 15) is 5.11 Å². The predicted octanol–water partition coefficient (Wildman–Crippen LogP) is 4.79. The van der Waals surface area contributed by atoms with Gasteiger partial charge in [0.1, 0.15) is 5.75 Å². The van der Waals surface area contributed by atoms with Gasteiger partial charge in [0.05, 0.1) is 24.9 Å². The lowest BCUT2D eigenvalue weighted by molar-refractivity contribution is -0.0672. The highest BCUT2D eigenvalue weighted by atomic mass is 35.5. The zero-order chi connectivity index (χ0) is 18.2. The maximum atomic E-state index is 9.90. The van der Waals surface area contributed by atoms with Crippen molar-refractivity contribution in [2.75, 3.05) is 6.61 Å². The van der Waals surface area contributed by atoms with Crippen molar-refractivity contribution in [3.05, 3.63) is 65.2 Å². The lowest BCUT2D eigenvalue weighted by Gasteiger charge is -2.29. The molecule has 0 radical (unpaired) electrons. The molecule has 4 heteroatoms. The number of halogens is 1. The van der Waals surface area contributed by atoms with Crippen molar-refractivity contribution >= 4 is 11.6 Å². The van der Waals surface area contributed by atoms with Gasteiger partial charge in [-0.1, -0.05) is 48.5 Å². The summed E-state index contributed by atoms with van der Waals surface area (Å²) in [5.74, 6) is 0.862. The summed E-state index contributed by atoms with van der Waals surface area (Å²) in [6.45, 7) is 8.37. The summed E-state index contributed by atoms with van der Waals surface area (Å²) in [5.41, 5.74) is 2.11. The van der Waals surface area contributed by atoms with Crippen LogP contribution in [0.25, 0.3) is 0 Å². The smallest absolute Gasteiger partial charge is 0.119 e. The summed E-state index contributed by atoms with van der Waals surface area (Å²) in [7, 11) is 0. The molecule has 1 N–H and O–H groups in total. The summed E-state index contributed by atoms with van der Waals surface area (Å²) in [6.07, 6.45) is 7.26. The Bertz CT molecular complexity index is 609. The summed E-state index contributed by atoms with van der Waals surface area (Å²) in [5, 5.41) is 10.5. The maximum absolute atomic E-state index is 9.90. The van der Waals surface area contributed by atoms with Gasteiger partial charge >= 0.3 is 0 Å². The minimum Gasteiger partial charge on any atom is -0.494 e. The molecule has 25 heavy (non-hydrogen) atoms. The quantitative estimate of drug-likeness (QED) is 0.708. The number of hydrogen-bond donors (Lipinski definition) is 1. The molecule has 1 heterocycles. The first-order valence-electron chi connectivity index (χ1n) is 8.76. The number of aliphatic hydroxyl groups excluding tert-OH is 1. The molecule has 1 aliphatic heterocycles. The van der Waals surface area contributed by atoms with E-state index in [1.54, 1.807) is 6.08 Å². The topological polar surface area (TPSA) is 38.7 Å². The van der Waals surface area contributed by atoms with Crippen LogP contribution < -0.4 is 4.74 Å². The van der Waals surface area contributed by atoms with Crippen molar-refractivity contribution in [1.29, 1.82) is 0 Å². The summed E-state index contributed by atoms with van der Waals surface area (Å²) in [6, 6.07) is 8.00. The van der Waals surface area contributed by atoms with E-state index in [-0.39, 0.29) is 18.3 Å². The first-order valence-corrected chi connectivity index (χ1v) is 9.14. The van der Waals surface area contributed by atoms with Crippen LogP contribution in [0.3, 0.4) is 0 Å². The normalized spacial score (nSPS) is 24.9. The van der Waals surface area contributed by atoms with Gasteiger partial charge in [0, 0.05) is 11.5 Å². The van der Waals surface area contributed by atoms with E-state index >= 15 is 0 Å². The van der Waals surface area contributed by atoms with Gasteiger partial charge in [-0.2, -0.15) is 0 Å². The van der Waals surface area contributed by atoms with Crippen LogP contribution >= 0.6 is 11.6 Å². The Morgan fingerprint density at radius 3 is 2.68 bits per heavy atom. The highest BCUT2D eigenvalue weighted by molar-refractivity contribution is 6.31. The molecule has 2 rings (SSSR count). The molecule has 3 unspecified atom stereocenters. The standard InChI is InChI=1S/C21H27ClO3/c1-4-21(22)17(8-11-20-14-18(23)12-15(3)25-20)13-16-6-9-19(10-7-16)24-5-2/h4,6-11,15,18,20,23H,1,5,12-14H2,2-3H3/b11-8+,21-17-. The molecule has 0 saturated carbocycles. The molecule has 3 atom stereocenters. The van der Waals surface area contributed by atoms with Gasteiger partial charge in [0.15, 0.2) is 0 Å². The van der Waals surface area contributed by atoms with Crippen LogP contribution in [0.5, 0.6) is 5.75 Å². The van der Waals surface area contributed by atoms with Crippen LogP contribution in [0.15, 0.2) is 59.7 Å². The average molecular weight is 363 g/mol. The maximum Gasteiger partial charge on any atom is 0.119 e. The molecule has 0 bridgehead atoms. The molecule has 0 aliphatic carbocycles. The van der Waals surface area contributed by atoms with Crippen LogP contribution in [0.2, 0.25) is 0 Å². The molecular weight excluding hydrogens is 336 g/mol. The predicted molar refractivity (Wildman–Crippen MR) is 103 cm³/mol. The van der Waals surface area contributed by atoms with Crippen molar-refractivity contribution in [3.8, 4) is 5.75 Å². The highest BCUT2D eigenvalue weighted by Crippen LogP contribution is 2.23. The third-order valence-corrected chi connectivity index (χ3v) is 4.54. The van der Waals surface area contributed by atoms with Crippen LogP contribution in [0.1, 0.15) is 32.3 Å². The Morgan fingerprint density at radius 2 is 2.08 bits per heavy atom. The van der Waals surface area contributed by atoms with Gasteiger partial charge in [0.25, 0.3) is 0 Å². The Labute approximate surface area is 155 Å². The van der Waals surface area contributed by atoms with E-state index in [0.717, 1.165) is 16.9 Å². The van der Waals surface area contributed by atoms with Crippen molar-refractivity contribution < 1.29 is 14.6 Å². The van der Waals surface area contributed by atoms with E-state index in [1.165, 1.54) is 0 Å². The Hall–Kier alpha value is -1.55. The van der Waals surface area contributed by atoms with Gasteiger partial charge in [0.2, 0.25) is 0 Å². The molecule has 136 valence electrons. The molecule has 0 aromatic heterocycles. The largest absolute Gasteiger partial charge is 0.494 e. The second-order valence-corrected chi connectivity index (χ2v) is 6.71. The fourth-order valence-corrected chi connectivity index (χ4v) is 3.08. The lowest BCUT2D eigenvalue weighted by atomic mass is 9.99. The highest BCUT2D eigenvalue weighted by Gasteiger charge is 2.23. The molecule has 1 aliphatic rings. The van der Waals surface area contributed by atoms with Crippen LogP contribution in [0.4, 0.5) is 0 Å². The summed E-state index contributed by atoms with van der Waals surface area (Å²) >= 11 is 6.33. The molecule has 1 fully saturated rings. The van der Waals surface area contributed by atoms with Gasteiger partial charge in [-0.3, -0.25) is 0 Å². The molecule has 3 nitrogen and oxygen atoms in total. The molecule has 1 saturated heterocycles. The monoisotopic (exact) mass is 362 g/mol. The van der Waals surface area contributed by atoms with E-state index in [2.05, 4.69) is 6.58 Å². The van der Waals surface area contributed by atoms with Crippen molar-refractivity contribution in [3.63, 3.8) is 0 Å². The zero-order valence-electron chi connectivity index (χ0n) is 15.0. The third kappa shape index (κ3) is 6.35. The van der Waals surface area contributed by atoms with Crippen molar-refractivity contribution in [2.24, 2.45) is 0 Å². The second-order valence-electron chi connectivity index (χ2n) is 6.30. The molecule has 0 spiro atoms. The fraction of sp³-hybridized carbons (Fsp3) is 0.429. The van der Waals surface area contributed by atoms with Crippen LogP contribution in [0, 0.1) is 0 Å². The number of ether oxygens (including phenoxy) is 2. The van der Waals surface area contributed by atoms with Gasteiger partial charge in [-0.05, 0) is 50.0 Å². The Kier molecular flexibility index (Phi) is 7.76.